The van der Waals surface area contributed by atoms with Crippen LogP contribution in [0, 0.1) is 5.41 Å². The monoisotopic (exact) mass is 323 g/mol. The molecule has 0 aliphatic heterocycles. The number of halogens is 2. The molecule has 0 amide bonds. The van der Waals surface area contributed by atoms with Gasteiger partial charge in [0.1, 0.15) is 0 Å². The fourth-order valence-electron chi connectivity index (χ4n) is 3.48. The Morgan fingerprint density at radius 2 is 1.90 bits per heavy atom. The number of aromatic nitrogens is 2. The molecule has 1 saturated carbocycles. The number of nitrogens with one attached hydrogen (secondary N) is 1. The van der Waals surface area contributed by atoms with Gasteiger partial charge in [0.15, 0.2) is 5.82 Å². The zero-order chi connectivity index (χ0) is 15.2. The molecule has 1 fully saturated rings. The number of anilines is 1. The van der Waals surface area contributed by atoms with E-state index in [2.05, 4.69) is 24.0 Å². The number of nitrogen functional groups attached to an aromatic ring is 1. The van der Waals surface area contributed by atoms with Crippen molar-refractivity contribution in [3.05, 3.63) is 33.9 Å². The molecule has 3 nitrogen and oxygen atoms in total. The quantitative estimate of drug-likeness (QED) is 0.792. The van der Waals surface area contributed by atoms with E-state index in [1.807, 2.05) is 18.2 Å². The molecular formula is C16H19Cl2N3. The number of nitrogens with two attached hydrogens (primary N) is 1. The Labute approximate surface area is 134 Å². The van der Waals surface area contributed by atoms with Crippen LogP contribution in [-0.4, -0.2) is 10.2 Å². The lowest BCUT2D eigenvalue weighted by atomic mass is 9.78. The van der Waals surface area contributed by atoms with Crippen molar-refractivity contribution in [2.24, 2.45) is 5.41 Å². The lowest BCUT2D eigenvalue weighted by Crippen LogP contribution is -2.16. The lowest BCUT2D eigenvalue weighted by Gasteiger charge is -2.27. The molecule has 0 saturated heterocycles. The van der Waals surface area contributed by atoms with Gasteiger partial charge in [-0.1, -0.05) is 49.5 Å². The maximum atomic E-state index is 6.36. The minimum atomic E-state index is 0.224. The summed E-state index contributed by atoms with van der Waals surface area (Å²) in [6.07, 6.45) is 3.54. The van der Waals surface area contributed by atoms with Crippen LogP contribution in [0.5, 0.6) is 0 Å². The highest BCUT2D eigenvalue weighted by atomic mass is 35.5. The van der Waals surface area contributed by atoms with Crippen LogP contribution >= 0.6 is 23.2 Å². The maximum Gasteiger partial charge on any atom is 0.153 e. The third-order valence-electron chi connectivity index (χ3n) is 4.64. The molecule has 0 spiro atoms. The van der Waals surface area contributed by atoms with Crippen LogP contribution in [0.25, 0.3) is 11.1 Å². The van der Waals surface area contributed by atoms with Crippen molar-refractivity contribution >= 4 is 29.0 Å². The summed E-state index contributed by atoms with van der Waals surface area (Å²) in [6, 6.07) is 5.50. The zero-order valence-electron chi connectivity index (χ0n) is 12.2. The molecule has 1 atom stereocenters. The van der Waals surface area contributed by atoms with Gasteiger partial charge in [0.2, 0.25) is 0 Å². The van der Waals surface area contributed by atoms with Crippen LogP contribution in [0.4, 0.5) is 5.82 Å². The smallest absolute Gasteiger partial charge is 0.153 e. The lowest BCUT2D eigenvalue weighted by molar-refractivity contribution is 0.328. The Morgan fingerprint density at radius 3 is 2.48 bits per heavy atom. The average Bonchev–Trinajstić information content (AvgIpc) is 2.93. The van der Waals surface area contributed by atoms with Crippen LogP contribution < -0.4 is 5.73 Å². The molecule has 0 bridgehead atoms. The van der Waals surface area contributed by atoms with Gasteiger partial charge in [0.25, 0.3) is 0 Å². The molecule has 21 heavy (non-hydrogen) atoms. The van der Waals surface area contributed by atoms with E-state index in [0.29, 0.717) is 21.8 Å². The minimum absolute atomic E-state index is 0.224. The fourth-order valence-corrected chi connectivity index (χ4v) is 4.07. The summed E-state index contributed by atoms with van der Waals surface area (Å²) in [5.74, 6) is 0.854. The van der Waals surface area contributed by atoms with Crippen LogP contribution in [0.15, 0.2) is 18.2 Å². The summed E-state index contributed by atoms with van der Waals surface area (Å²) in [5, 5.41) is 8.56. The number of rotatable bonds is 2. The molecule has 0 radical (unpaired) electrons. The third kappa shape index (κ3) is 2.43. The average molecular weight is 324 g/mol. The predicted molar refractivity (Wildman–Crippen MR) is 88.8 cm³/mol. The van der Waals surface area contributed by atoms with Crippen molar-refractivity contribution < 1.29 is 0 Å². The van der Waals surface area contributed by atoms with E-state index in [0.717, 1.165) is 23.2 Å². The van der Waals surface area contributed by atoms with Crippen LogP contribution in [0.3, 0.4) is 0 Å². The van der Waals surface area contributed by atoms with Gasteiger partial charge in [-0.25, -0.2) is 0 Å². The van der Waals surface area contributed by atoms with Gasteiger partial charge in [0.05, 0.1) is 10.0 Å². The molecule has 3 rings (SSSR count). The largest absolute Gasteiger partial charge is 0.382 e. The van der Waals surface area contributed by atoms with Gasteiger partial charge in [-0.15, -0.1) is 0 Å². The second kappa shape index (κ2) is 5.22. The second-order valence-electron chi connectivity index (χ2n) is 6.43. The second-order valence-corrected chi connectivity index (χ2v) is 7.24. The predicted octanol–water partition coefficient (Wildman–Crippen LogP) is 5.26. The van der Waals surface area contributed by atoms with Crippen LogP contribution in [-0.2, 0) is 0 Å². The SMILES string of the molecule is CC1(C)CCCC1c1[nH]nc(N)c1-c1c(Cl)cccc1Cl. The van der Waals surface area contributed by atoms with Crippen molar-refractivity contribution in [1.82, 2.24) is 10.2 Å². The van der Waals surface area contributed by atoms with Crippen molar-refractivity contribution in [2.45, 2.75) is 39.0 Å². The van der Waals surface area contributed by atoms with E-state index in [1.165, 1.54) is 12.8 Å². The maximum absolute atomic E-state index is 6.36. The van der Waals surface area contributed by atoms with Crippen molar-refractivity contribution in [3.8, 4) is 11.1 Å². The molecular weight excluding hydrogens is 305 g/mol. The van der Waals surface area contributed by atoms with Crippen molar-refractivity contribution in [1.29, 1.82) is 0 Å². The molecule has 2 aromatic rings. The topological polar surface area (TPSA) is 54.7 Å². The fraction of sp³-hybridized carbons (Fsp3) is 0.438. The Bertz CT molecular complexity index is 656. The first-order valence-corrected chi connectivity index (χ1v) is 7.95. The van der Waals surface area contributed by atoms with E-state index >= 15 is 0 Å². The summed E-state index contributed by atoms with van der Waals surface area (Å²) in [6.45, 7) is 4.58. The summed E-state index contributed by atoms with van der Waals surface area (Å²) < 4.78 is 0. The van der Waals surface area contributed by atoms with Gasteiger partial charge in [0, 0.05) is 22.7 Å². The van der Waals surface area contributed by atoms with Gasteiger partial charge in [-0.3, -0.25) is 5.10 Å². The first kappa shape index (κ1) is 14.7. The Hall–Kier alpha value is -1.19. The highest BCUT2D eigenvalue weighted by molar-refractivity contribution is 6.39. The molecule has 1 aromatic heterocycles. The first-order chi connectivity index (χ1) is 9.92. The molecule has 3 N–H and O–H groups in total. The number of nitrogens with zero attached hydrogens (tertiary/aromatic N) is 1. The Balaban J connectivity index is 2.19. The van der Waals surface area contributed by atoms with Gasteiger partial charge < -0.3 is 5.73 Å². The summed E-state index contributed by atoms with van der Waals surface area (Å²) in [5.41, 5.74) is 9.04. The van der Waals surface area contributed by atoms with E-state index < -0.39 is 0 Å². The van der Waals surface area contributed by atoms with E-state index in [-0.39, 0.29) is 5.41 Å². The van der Waals surface area contributed by atoms with Crippen molar-refractivity contribution in [2.75, 3.05) is 5.73 Å². The number of aromatic amines is 1. The molecule has 1 aromatic carbocycles. The van der Waals surface area contributed by atoms with Gasteiger partial charge >= 0.3 is 0 Å². The van der Waals surface area contributed by atoms with Crippen LogP contribution in [0.1, 0.15) is 44.7 Å². The highest BCUT2D eigenvalue weighted by Crippen LogP contribution is 2.52. The molecule has 112 valence electrons. The Kier molecular flexibility index (Phi) is 3.66. The number of hydrogen-bond donors (Lipinski definition) is 2. The van der Waals surface area contributed by atoms with Gasteiger partial charge in [-0.2, -0.15) is 5.10 Å². The standard InChI is InChI=1S/C16H19Cl2N3/c1-16(2)8-4-5-9(16)14-13(15(19)21-20-14)12-10(17)6-3-7-11(12)18/h3,6-7,9H,4-5,8H2,1-2H3,(H3,19,20,21). The normalized spacial score (nSPS) is 20.9. The first-order valence-electron chi connectivity index (χ1n) is 7.20. The Morgan fingerprint density at radius 1 is 1.24 bits per heavy atom. The van der Waals surface area contributed by atoms with E-state index in [9.17, 15) is 0 Å². The number of benzene rings is 1. The van der Waals surface area contributed by atoms with Gasteiger partial charge in [-0.05, 0) is 30.4 Å². The van der Waals surface area contributed by atoms with E-state index in [1.54, 1.807) is 0 Å². The highest BCUT2D eigenvalue weighted by Gasteiger charge is 2.38. The molecule has 1 unspecified atom stereocenters. The third-order valence-corrected chi connectivity index (χ3v) is 5.27. The molecule has 5 heteroatoms. The van der Waals surface area contributed by atoms with Crippen molar-refractivity contribution in [3.63, 3.8) is 0 Å². The number of hydrogen-bond acceptors (Lipinski definition) is 2. The molecule has 1 heterocycles. The molecule has 1 aliphatic rings. The van der Waals surface area contributed by atoms with E-state index in [4.69, 9.17) is 28.9 Å². The summed E-state index contributed by atoms with van der Waals surface area (Å²) >= 11 is 12.7. The number of H-pyrrole nitrogens is 1. The van der Waals surface area contributed by atoms with Crippen LogP contribution in [0.2, 0.25) is 10.0 Å². The minimum Gasteiger partial charge on any atom is -0.382 e. The summed E-state index contributed by atoms with van der Waals surface area (Å²) in [7, 11) is 0. The zero-order valence-corrected chi connectivity index (χ0v) is 13.7. The summed E-state index contributed by atoms with van der Waals surface area (Å²) in [4.78, 5) is 0. The molecule has 1 aliphatic carbocycles.